The maximum absolute atomic E-state index is 11.9. The molecule has 1 aliphatic heterocycles. The van der Waals surface area contributed by atoms with Crippen molar-refractivity contribution >= 4 is 27.5 Å². The molecule has 0 radical (unpaired) electrons. The maximum Gasteiger partial charge on any atom is 0.257 e. The summed E-state index contributed by atoms with van der Waals surface area (Å²) in [5, 5.41) is 4.02. The second kappa shape index (κ2) is 4.00. The highest BCUT2D eigenvalue weighted by Gasteiger charge is 2.22. The first-order chi connectivity index (χ1) is 6.83. The van der Waals surface area contributed by atoms with Crippen molar-refractivity contribution in [2.24, 2.45) is 0 Å². The Morgan fingerprint density at radius 3 is 3.00 bits per heavy atom. The lowest BCUT2D eigenvalue weighted by Crippen LogP contribution is -2.40. The van der Waals surface area contributed by atoms with Gasteiger partial charge >= 0.3 is 0 Å². The molecule has 0 fully saturated rings. The molecule has 0 saturated carbocycles. The number of alkyl halides is 1. The Morgan fingerprint density at radius 1 is 1.43 bits per heavy atom. The van der Waals surface area contributed by atoms with Gasteiger partial charge in [-0.05, 0) is 12.1 Å². The van der Waals surface area contributed by atoms with E-state index in [0.717, 1.165) is 23.1 Å². The molecule has 0 aliphatic carbocycles. The highest BCUT2D eigenvalue weighted by atomic mass is 79.9. The Balaban J connectivity index is 2.27. The van der Waals surface area contributed by atoms with E-state index in [1.165, 1.54) is 0 Å². The first-order valence-corrected chi connectivity index (χ1v) is 5.63. The number of amides is 1. The molecule has 1 aromatic carbocycles. The molecule has 14 heavy (non-hydrogen) atoms. The number of anilines is 1. The fourth-order valence-electron chi connectivity index (χ4n) is 1.53. The Bertz CT molecular complexity index is 354. The molecule has 4 heteroatoms. The van der Waals surface area contributed by atoms with Gasteiger partial charge in [-0.15, -0.1) is 0 Å². The first kappa shape index (κ1) is 9.52. The third-order valence-electron chi connectivity index (χ3n) is 2.26. The summed E-state index contributed by atoms with van der Waals surface area (Å²) < 4.78 is 0. The number of para-hydroxylation sites is 1. The number of carbonyl (C=O) groups excluding carboxylic acids is 1. The molecule has 0 atom stereocenters. The molecule has 1 N–H and O–H groups in total. The Kier molecular flexibility index (Phi) is 2.72. The van der Waals surface area contributed by atoms with Crippen LogP contribution in [0.2, 0.25) is 0 Å². The summed E-state index contributed by atoms with van der Waals surface area (Å²) in [7, 11) is 0. The molecule has 1 heterocycles. The van der Waals surface area contributed by atoms with Crippen molar-refractivity contribution in [1.82, 2.24) is 4.90 Å². The highest BCUT2D eigenvalue weighted by molar-refractivity contribution is 9.09. The average molecular weight is 255 g/mol. The Labute approximate surface area is 91.2 Å². The van der Waals surface area contributed by atoms with E-state index < -0.39 is 0 Å². The van der Waals surface area contributed by atoms with E-state index in [1.807, 2.05) is 24.3 Å². The molecule has 2 rings (SSSR count). The fourth-order valence-corrected chi connectivity index (χ4v) is 1.96. The fraction of sp³-hybridized carbons (Fsp3) is 0.300. The standard InChI is InChI=1S/C10H11BrN2O/c11-5-6-13-7-12-9-4-2-1-3-8(9)10(13)14/h1-4,12H,5-7H2. The van der Waals surface area contributed by atoms with Gasteiger partial charge in [-0.25, -0.2) is 0 Å². The van der Waals surface area contributed by atoms with Crippen molar-refractivity contribution in [3.05, 3.63) is 29.8 Å². The van der Waals surface area contributed by atoms with Crippen LogP contribution in [0.3, 0.4) is 0 Å². The third-order valence-corrected chi connectivity index (χ3v) is 2.61. The third kappa shape index (κ3) is 1.62. The van der Waals surface area contributed by atoms with Crippen molar-refractivity contribution in [3.8, 4) is 0 Å². The van der Waals surface area contributed by atoms with Crippen LogP contribution < -0.4 is 5.32 Å². The zero-order chi connectivity index (χ0) is 9.97. The number of nitrogens with one attached hydrogen (secondary N) is 1. The van der Waals surface area contributed by atoms with Crippen molar-refractivity contribution < 1.29 is 4.79 Å². The second-order valence-corrected chi connectivity index (χ2v) is 3.93. The van der Waals surface area contributed by atoms with Crippen LogP contribution in [0.4, 0.5) is 5.69 Å². The van der Waals surface area contributed by atoms with Crippen LogP contribution in [-0.4, -0.2) is 29.4 Å². The number of carbonyl (C=O) groups is 1. The van der Waals surface area contributed by atoms with Crippen LogP contribution in [-0.2, 0) is 0 Å². The summed E-state index contributed by atoms with van der Waals surface area (Å²) in [5.74, 6) is 0.110. The normalized spacial score (nSPS) is 14.9. The maximum atomic E-state index is 11.9. The van der Waals surface area contributed by atoms with Gasteiger partial charge in [0.15, 0.2) is 0 Å². The Hall–Kier alpha value is -1.03. The minimum Gasteiger partial charge on any atom is -0.367 e. The molecular formula is C10H11BrN2O. The second-order valence-electron chi connectivity index (χ2n) is 3.14. The van der Waals surface area contributed by atoms with Crippen molar-refractivity contribution in [3.63, 3.8) is 0 Å². The number of halogens is 1. The molecule has 0 spiro atoms. The van der Waals surface area contributed by atoms with Gasteiger partial charge in [-0.2, -0.15) is 0 Å². The van der Waals surface area contributed by atoms with Gasteiger partial charge in [0.25, 0.3) is 5.91 Å². The number of hydrogen-bond donors (Lipinski definition) is 1. The van der Waals surface area contributed by atoms with Gasteiger partial charge in [0, 0.05) is 17.6 Å². The number of fused-ring (bicyclic) bond motifs is 1. The Morgan fingerprint density at radius 2 is 2.21 bits per heavy atom. The number of benzene rings is 1. The first-order valence-electron chi connectivity index (χ1n) is 4.51. The average Bonchev–Trinajstić information content (AvgIpc) is 2.23. The van der Waals surface area contributed by atoms with Crippen LogP contribution in [0.25, 0.3) is 0 Å². The van der Waals surface area contributed by atoms with Gasteiger partial charge in [0.2, 0.25) is 0 Å². The van der Waals surface area contributed by atoms with E-state index in [4.69, 9.17) is 0 Å². The van der Waals surface area contributed by atoms with Crippen LogP contribution in [0.1, 0.15) is 10.4 Å². The molecule has 0 bridgehead atoms. The molecule has 0 saturated heterocycles. The zero-order valence-electron chi connectivity index (χ0n) is 7.66. The van der Waals surface area contributed by atoms with Gasteiger partial charge in [-0.3, -0.25) is 4.79 Å². The smallest absolute Gasteiger partial charge is 0.257 e. The van der Waals surface area contributed by atoms with Crippen LogP contribution in [0.15, 0.2) is 24.3 Å². The zero-order valence-corrected chi connectivity index (χ0v) is 9.25. The van der Waals surface area contributed by atoms with E-state index in [1.54, 1.807) is 4.90 Å². The summed E-state index contributed by atoms with van der Waals surface area (Å²) in [5.41, 5.74) is 1.70. The van der Waals surface area contributed by atoms with Gasteiger partial charge in [0.1, 0.15) is 0 Å². The van der Waals surface area contributed by atoms with E-state index in [2.05, 4.69) is 21.2 Å². The number of rotatable bonds is 2. The summed E-state index contributed by atoms with van der Waals surface area (Å²) in [4.78, 5) is 13.7. The summed E-state index contributed by atoms with van der Waals surface area (Å²) >= 11 is 3.33. The monoisotopic (exact) mass is 254 g/mol. The minimum absolute atomic E-state index is 0.110. The van der Waals surface area contributed by atoms with E-state index in [9.17, 15) is 4.79 Å². The number of hydrogen-bond acceptors (Lipinski definition) is 2. The van der Waals surface area contributed by atoms with E-state index >= 15 is 0 Å². The minimum atomic E-state index is 0.110. The van der Waals surface area contributed by atoms with Crippen molar-refractivity contribution in [2.45, 2.75) is 0 Å². The highest BCUT2D eigenvalue weighted by Crippen LogP contribution is 2.21. The molecule has 1 amide bonds. The molecule has 1 aliphatic rings. The lowest BCUT2D eigenvalue weighted by Gasteiger charge is -2.29. The lowest BCUT2D eigenvalue weighted by atomic mass is 10.1. The molecular weight excluding hydrogens is 244 g/mol. The SMILES string of the molecule is O=C1c2ccccc2NCN1CCBr. The molecule has 1 aromatic rings. The van der Waals surface area contributed by atoms with Gasteiger partial charge in [-0.1, -0.05) is 28.1 Å². The van der Waals surface area contributed by atoms with Crippen LogP contribution in [0, 0.1) is 0 Å². The topological polar surface area (TPSA) is 32.3 Å². The van der Waals surface area contributed by atoms with Crippen molar-refractivity contribution in [2.75, 3.05) is 23.9 Å². The van der Waals surface area contributed by atoms with Gasteiger partial charge in [0.05, 0.1) is 12.2 Å². The van der Waals surface area contributed by atoms with Crippen molar-refractivity contribution in [1.29, 1.82) is 0 Å². The summed E-state index contributed by atoms with van der Waals surface area (Å²) in [6.07, 6.45) is 0. The van der Waals surface area contributed by atoms with E-state index in [-0.39, 0.29) is 5.91 Å². The summed E-state index contributed by atoms with van der Waals surface area (Å²) in [6.45, 7) is 1.33. The summed E-state index contributed by atoms with van der Waals surface area (Å²) in [6, 6.07) is 7.60. The molecule has 3 nitrogen and oxygen atoms in total. The van der Waals surface area contributed by atoms with Crippen LogP contribution >= 0.6 is 15.9 Å². The number of nitrogens with zero attached hydrogens (tertiary/aromatic N) is 1. The molecule has 0 aromatic heterocycles. The molecule has 74 valence electrons. The molecule has 0 unspecified atom stereocenters. The lowest BCUT2D eigenvalue weighted by molar-refractivity contribution is 0.0769. The van der Waals surface area contributed by atoms with E-state index in [0.29, 0.717) is 6.67 Å². The largest absolute Gasteiger partial charge is 0.367 e. The predicted molar refractivity (Wildman–Crippen MR) is 59.8 cm³/mol. The quantitative estimate of drug-likeness (QED) is 0.818. The van der Waals surface area contributed by atoms with Gasteiger partial charge < -0.3 is 10.2 Å². The van der Waals surface area contributed by atoms with Crippen LogP contribution in [0.5, 0.6) is 0 Å². The predicted octanol–water partition coefficient (Wildman–Crippen LogP) is 1.91.